The Morgan fingerprint density at radius 2 is 1.52 bits per heavy atom. The van der Waals surface area contributed by atoms with E-state index in [1.54, 1.807) is 31.2 Å². The van der Waals surface area contributed by atoms with E-state index in [2.05, 4.69) is 21.2 Å². The number of carbonyl (C=O) groups excluding carboxylic acids is 3. The molecule has 0 saturated carbocycles. The third-order valence-electron chi connectivity index (χ3n) is 4.76. The van der Waals surface area contributed by atoms with Crippen molar-refractivity contribution in [3.05, 3.63) is 59.7 Å². The number of nitrogens with zero attached hydrogens (tertiary/aromatic N) is 1. The van der Waals surface area contributed by atoms with Crippen LogP contribution in [0.5, 0.6) is 0 Å². The molecule has 0 aliphatic carbocycles. The molecule has 3 amide bonds. The van der Waals surface area contributed by atoms with Crippen LogP contribution in [0.1, 0.15) is 30.9 Å². The number of benzene rings is 2. The van der Waals surface area contributed by atoms with E-state index in [1.165, 1.54) is 6.92 Å². The number of hydrogen-bond acceptors (Lipinski definition) is 4. The smallest absolute Gasteiger partial charge is 0.326 e. The number of hydrazone groups is 1. The van der Waals surface area contributed by atoms with Gasteiger partial charge in [0.2, 0.25) is 11.8 Å². The molecule has 2 unspecified atom stereocenters. The van der Waals surface area contributed by atoms with Crippen molar-refractivity contribution in [2.45, 2.75) is 25.9 Å². The molecule has 0 bridgehead atoms. The van der Waals surface area contributed by atoms with Gasteiger partial charge < -0.3 is 10.6 Å². The second kappa shape index (κ2) is 8.58. The Morgan fingerprint density at radius 3 is 2.06 bits per heavy atom. The van der Waals surface area contributed by atoms with Crippen LogP contribution in [0.15, 0.2) is 53.6 Å². The van der Waals surface area contributed by atoms with Crippen LogP contribution >= 0.6 is 0 Å². The fourth-order valence-electron chi connectivity index (χ4n) is 3.32. The molecule has 1 aliphatic rings. The van der Waals surface area contributed by atoms with E-state index in [9.17, 15) is 27.6 Å². The Balaban J connectivity index is 1.84. The minimum absolute atomic E-state index is 0.130. The molecule has 162 valence electrons. The lowest BCUT2D eigenvalue weighted by Gasteiger charge is -2.29. The van der Waals surface area contributed by atoms with E-state index in [4.69, 9.17) is 0 Å². The summed E-state index contributed by atoms with van der Waals surface area (Å²) < 4.78 is 38.2. The van der Waals surface area contributed by atoms with Crippen molar-refractivity contribution in [2.24, 2.45) is 11.0 Å². The van der Waals surface area contributed by atoms with E-state index < -0.39 is 35.4 Å². The molecule has 1 aliphatic heterocycles. The molecule has 0 saturated heterocycles. The van der Waals surface area contributed by atoms with E-state index in [0.29, 0.717) is 17.0 Å². The summed E-state index contributed by atoms with van der Waals surface area (Å²) in [6.45, 7) is 3.03. The Labute approximate surface area is 175 Å². The molecule has 7 nitrogen and oxygen atoms in total. The summed E-state index contributed by atoms with van der Waals surface area (Å²) in [4.78, 5) is 36.6. The molecule has 10 heteroatoms. The van der Waals surface area contributed by atoms with Gasteiger partial charge >= 0.3 is 6.18 Å². The SMILES string of the molecule is CC(=O)Nc1ccc(C2C(C)=NNC(=O)C2C(=O)Nc2ccc(C(F)(F)F)cc2)cc1. The first-order valence-corrected chi connectivity index (χ1v) is 9.26. The van der Waals surface area contributed by atoms with Crippen molar-refractivity contribution in [2.75, 3.05) is 10.6 Å². The maximum Gasteiger partial charge on any atom is 0.416 e. The number of carbonyl (C=O) groups is 3. The normalized spacial score (nSPS) is 18.6. The second-order valence-electron chi connectivity index (χ2n) is 7.05. The van der Waals surface area contributed by atoms with Gasteiger partial charge in [-0.1, -0.05) is 12.1 Å². The number of alkyl halides is 3. The molecule has 31 heavy (non-hydrogen) atoms. The van der Waals surface area contributed by atoms with Gasteiger partial charge in [-0.3, -0.25) is 14.4 Å². The number of amides is 3. The van der Waals surface area contributed by atoms with E-state index in [0.717, 1.165) is 24.3 Å². The van der Waals surface area contributed by atoms with Crippen LogP contribution in [0, 0.1) is 5.92 Å². The van der Waals surface area contributed by atoms with Crippen LogP contribution in [0.2, 0.25) is 0 Å². The first-order chi connectivity index (χ1) is 14.6. The van der Waals surface area contributed by atoms with Gasteiger partial charge in [0.25, 0.3) is 5.91 Å². The number of anilines is 2. The van der Waals surface area contributed by atoms with Gasteiger partial charge in [-0.2, -0.15) is 18.3 Å². The Morgan fingerprint density at radius 1 is 0.968 bits per heavy atom. The minimum Gasteiger partial charge on any atom is -0.326 e. The van der Waals surface area contributed by atoms with Crippen molar-refractivity contribution in [3.63, 3.8) is 0 Å². The molecule has 0 spiro atoms. The topological polar surface area (TPSA) is 99.7 Å². The van der Waals surface area contributed by atoms with Crippen molar-refractivity contribution < 1.29 is 27.6 Å². The largest absolute Gasteiger partial charge is 0.416 e. The van der Waals surface area contributed by atoms with Gasteiger partial charge in [0.1, 0.15) is 5.92 Å². The highest BCUT2D eigenvalue weighted by Gasteiger charge is 2.40. The van der Waals surface area contributed by atoms with Crippen LogP contribution in [0.25, 0.3) is 0 Å². The highest BCUT2D eigenvalue weighted by Crippen LogP contribution is 2.32. The summed E-state index contributed by atoms with van der Waals surface area (Å²) in [6.07, 6.45) is -4.49. The molecule has 2 aromatic carbocycles. The monoisotopic (exact) mass is 432 g/mol. The number of halogens is 3. The van der Waals surface area contributed by atoms with Crippen LogP contribution < -0.4 is 16.1 Å². The van der Waals surface area contributed by atoms with E-state index in [1.807, 2.05) is 0 Å². The molecule has 3 rings (SSSR count). The highest BCUT2D eigenvalue weighted by molar-refractivity contribution is 6.13. The molecule has 2 atom stereocenters. The van der Waals surface area contributed by atoms with Crippen LogP contribution in [0.3, 0.4) is 0 Å². The van der Waals surface area contributed by atoms with Gasteiger partial charge in [0, 0.05) is 29.9 Å². The summed E-state index contributed by atoms with van der Waals surface area (Å²) in [7, 11) is 0. The fraction of sp³-hybridized carbons (Fsp3) is 0.238. The highest BCUT2D eigenvalue weighted by atomic mass is 19.4. The number of nitrogens with one attached hydrogen (secondary N) is 3. The molecular weight excluding hydrogens is 413 g/mol. The van der Waals surface area contributed by atoms with Crippen LogP contribution in [0.4, 0.5) is 24.5 Å². The molecule has 3 N–H and O–H groups in total. The molecular formula is C21H19F3N4O3. The maximum atomic E-state index is 12.9. The lowest BCUT2D eigenvalue weighted by atomic mass is 9.80. The minimum atomic E-state index is -4.49. The molecule has 2 aromatic rings. The van der Waals surface area contributed by atoms with Gasteiger partial charge in [0.05, 0.1) is 5.56 Å². The molecule has 1 heterocycles. The number of hydrogen-bond donors (Lipinski definition) is 3. The third kappa shape index (κ3) is 5.08. The molecule has 0 aromatic heterocycles. The van der Waals surface area contributed by atoms with Gasteiger partial charge in [-0.25, -0.2) is 5.43 Å². The summed E-state index contributed by atoms with van der Waals surface area (Å²) in [5, 5.41) is 9.09. The summed E-state index contributed by atoms with van der Waals surface area (Å²) in [5.74, 6) is -3.43. The molecule has 0 fully saturated rings. The maximum absolute atomic E-state index is 12.9. The van der Waals surface area contributed by atoms with Crippen molar-refractivity contribution in [3.8, 4) is 0 Å². The Kier molecular flexibility index (Phi) is 6.09. The predicted octanol–water partition coefficient (Wildman–Crippen LogP) is 3.51. The van der Waals surface area contributed by atoms with Crippen molar-refractivity contribution in [1.29, 1.82) is 0 Å². The first-order valence-electron chi connectivity index (χ1n) is 9.26. The van der Waals surface area contributed by atoms with Crippen molar-refractivity contribution in [1.82, 2.24) is 5.43 Å². The van der Waals surface area contributed by atoms with Crippen LogP contribution in [-0.2, 0) is 20.6 Å². The lowest BCUT2D eigenvalue weighted by Crippen LogP contribution is -2.46. The first kappa shape index (κ1) is 22.0. The summed E-state index contributed by atoms with van der Waals surface area (Å²) >= 11 is 0. The summed E-state index contributed by atoms with van der Waals surface area (Å²) in [6, 6.07) is 10.6. The zero-order valence-corrected chi connectivity index (χ0v) is 16.6. The van der Waals surface area contributed by atoms with Gasteiger partial charge in [-0.05, 0) is 48.9 Å². The quantitative estimate of drug-likeness (QED) is 0.645. The Bertz CT molecular complexity index is 1030. The van der Waals surface area contributed by atoms with E-state index in [-0.39, 0.29) is 11.6 Å². The van der Waals surface area contributed by atoms with Gasteiger partial charge in [-0.15, -0.1) is 0 Å². The van der Waals surface area contributed by atoms with E-state index >= 15 is 0 Å². The Hall–Kier alpha value is -3.69. The lowest BCUT2D eigenvalue weighted by molar-refractivity contribution is -0.137. The second-order valence-corrected chi connectivity index (χ2v) is 7.05. The number of rotatable bonds is 4. The standard InChI is InChI=1S/C21H19F3N4O3/c1-11-17(13-3-7-15(8-4-13)25-12(2)29)18(20(31)28-27-11)19(30)26-16-9-5-14(6-10-16)21(22,23)24/h3-10,17-18H,1-2H3,(H,25,29)(H,26,30)(H,28,31). The fourth-order valence-corrected chi connectivity index (χ4v) is 3.32. The summed E-state index contributed by atoms with van der Waals surface area (Å²) in [5.41, 5.74) is 3.24. The zero-order valence-electron chi connectivity index (χ0n) is 16.6. The average Bonchev–Trinajstić information content (AvgIpc) is 2.69. The average molecular weight is 432 g/mol. The predicted molar refractivity (Wildman–Crippen MR) is 108 cm³/mol. The van der Waals surface area contributed by atoms with Crippen LogP contribution in [-0.4, -0.2) is 23.4 Å². The third-order valence-corrected chi connectivity index (χ3v) is 4.76. The molecule has 0 radical (unpaired) electrons. The van der Waals surface area contributed by atoms with Crippen molar-refractivity contribution >= 4 is 34.8 Å². The van der Waals surface area contributed by atoms with Gasteiger partial charge in [0.15, 0.2) is 0 Å². The zero-order chi connectivity index (χ0) is 22.8.